The second kappa shape index (κ2) is 6.56. The van der Waals surface area contributed by atoms with Crippen LogP contribution in [-0.4, -0.2) is 25.7 Å². The van der Waals surface area contributed by atoms with Crippen LogP contribution in [0.4, 0.5) is 0 Å². The summed E-state index contributed by atoms with van der Waals surface area (Å²) in [6.07, 6.45) is 2.67. The molecule has 2 aromatic heterocycles. The van der Waals surface area contributed by atoms with E-state index >= 15 is 0 Å². The van der Waals surface area contributed by atoms with Crippen LogP contribution in [0.5, 0.6) is 0 Å². The van der Waals surface area contributed by atoms with Crippen LogP contribution in [0.1, 0.15) is 28.8 Å². The molecule has 1 aromatic carbocycles. The van der Waals surface area contributed by atoms with Gasteiger partial charge in [0.15, 0.2) is 5.65 Å². The summed E-state index contributed by atoms with van der Waals surface area (Å²) in [5, 5.41) is 15.3. The number of hydrogen-bond acceptors (Lipinski definition) is 4. The molecule has 0 radical (unpaired) electrons. The Morgan fingerprint density at radius 1 is 1.22 bits per heavy atom. The van der Waals surface area contributed by atoms with Gasteiger partial charge in [0.2, 0.25) is 5.91 Å². The monoisotopic (exact) mass is 309 g/mol. The summed E-state index contributed by atoms with van der Waals surface area (Å²) in [4.78, 5) is 12.1. The maximum Gasteiger partial charge on any atom is 0.220 e. The second-order valence-electron chi connectivity index (χ2n) is 5.55. The van der Waals surface area contributed by atoms with Crippen molar-refractivity contribution >= 4 is 11.6 Å². The van der Waals surface area contributed by atoms with E-state index in [1.165, 1.54) is 0 Å². The quantitative estimate of drug-likeness (QED) is 0.782. The highest BCUT2D eigenvalue weighted by Gasteiger charge is 2.12. The molecule has 0 saturated heterocycles. The molecule has 0 aliphatic rings. The first-order valence-electron chi connectivity index (χ1n) is 7.62. The van der Waals surface area contributed by atoms with Crippen molar-refractivity contribution in [2.24, 2.45) is 0 Å². The summed E-state index contributed by atoms with van der Waals surface area (Å²) >= 11 is 0. The van der Waals surface area contributed by atoms with E-state index in [0.717, 1.165) is 28.0 Å². The molecule has 0 aliphatic carbocycles. The number of aryl methyl sites for hydroxylation is 2. The second-order valence-corrected chi connectivity index (χ2v) is 5.55. The lowest BCUT2D eigenvalue weighted by atomic mass is 10.0. The third-order valence-corrected chi connectivity index (χ3v) is 3.95. The van der Waals surface area contributed by atoms with Crippen molar-refractivity contribution in [2.75, 3.05) is 0 Å². The van der Waals surface area contributed by atoms with E-state index in [-0.39, 0.29) is 5.91 Å². The number of nitrogens with one attached hydrogen (secondary N) is 1. The standard InChI is InChI=1S/C17H19N5O/c1-12-15(13(2)21-22-11-19-20-17(12)22)8-9-16(23)18-10-14-6-4-3-5-7-14/h3-7,11H,8-10H2,1-2H3,(H,18,23). The first kappa shape index (κ1) is 15.1. The van der Waals surface area contributed by atoms with Crippen molar-refractivity contribution in [3.05, 3.63) is 59.0 Å². The summed E-state index contributed by atoms with van der Waals surface area (Å²) in [6.45, 7) is 4.50. The highest BCUT2D eigenvalue weighted by molar-refractivity contribution is 5.76. The first-order valence-corrected chi connectivity index (χ1v) is 7.62. The van der Waals surface area contributed by atoms with E-state index in [1.54, 1.807) is 10.8 Å². The van der Waals surface area contributed by atoms with Gasteiger partial charge in [0, 0.05) is 18.5 Å². The fraction of sp³-hybridized carbons (Fsp3) is 0.294. The lowest BCUT2D eigenvalue weighted by molar-refractivity contribution is -0.121. The van der Waals surface area contributed by atoms with Crippen molar-refractivity contribution in [2.45, 2.75) is 33.2 Å². The number of nitrogens with zero attached hydrogens (tertiary/aromatic N) is 4. The lowest BCUT2D eigenvalue weighted by Gasteiger charge is -2.10. The van der Waals surface area contributed by atoms with Gasteiger partial charge in [-0.1, -0.05) is 30.3 Å². The maximum atomic E-state index is 12.1. The Labute approximate surface area is 134 Å². The van der Waals surface area contributed by atoms with Crippen molar-refractivity contribution < 1.29 is 4.79 Å². The van der Waals surface area contributed by atoms with Crippen LogP contribution < -0.4 is 5.32 Å². The summed E-state index contributed by atoms with van der Waals surface area (Å²) in [7, 11) is 0. The van der Waals surface area contributed by atoms with Gasteiger partial charge in [0.05, 0.1) is 5.69 Å². The fourth-order valence-corrected chi connectivity index (χ4v) is 2.67. The molecule has 1 amide bonds. The Morgan fingerprint density at radius 3 is 2.78 bits per heavy atom. The van der Waals surface area contributed by atoms with E-state index < -0.39 is 0 Å². The van der Waals surface area contributed by atoms with Gasteiger partial charge in [-0.3, -0.25) is 4.79 Å². The van der Waals surface area contributed by atoms with Gasteiger partial charge in [-0.05, 0) is 31.4 Å². The molecule has 0 spiro atoms. The number of aromatic nitrogens is 4. The SMILES string of the molecule is Cc1nn2cnnc2c(C)c1CCC(=O)NCc1ccccc1. The minimum Gasteiger partial charge on any atom is -0.352 e. The summed E-state index contributed by atoms with van der Waals surface area (Å²) in [5.41, 5.74) is 4.85. The number of fused-ring (bicyclic) bond motifs is 1. The van der Waals surface area contributed by atoms with Crippen LogP contribution in [-0.2, 0) is 17.8 Å². The van der Waals surface area contributed by atoms with Gasteiger partial charge in [-0.2, -0.15) is 5.10 Å². The molecule has 23 heavy (non-hydrogen) atoms. The molecule has 6 nitrogen and oxygen atoms in total. The van der Waals surface area contributed by atoms with Crippen LogP contribution in [0.15, 0.2) is 36.7 Å². The van der Waals surface area contributed by atoms with Gasteiger partial charge in [0.1, 0.15) is 6.33 Å². The highest BCUT2D eigenvalue weighted by atomic mass is 16.1. The average Bonchev–Trinajstić information content (AvgIpc) is 3.02. The summed E-state index contributed by atoms with van der Waals surface area (Å²) in [6, 6.07) is 9.89. The van der Waals surface area contributed by atoms with E-state index in [1.807, 2.05) is 44.2 Å². The molecule has 0 unspecified atom stereocenters. The third kappa shape index (κ3) is 3.36. The molecule has 0 bridgehead atoms. The Balaban J connectivity index is 1.63. The lowest BCUT2D eigenvalue weighted by Crippen LogP contribution is -2.23. The number of carbonyl (C=O) groups is 1. The van der Waals surface area contributed by atoms with Gasteiger partial charge in [0.25, 0.3) is 0 Å². The van der Waals surface area contributed by atoms with E-state index in [9.17, 15) is 4.79 Å². The van der Waals surface area contributed by atoms with E-state index in [2.05, 4.69) is 20.6 Å². The Hall–Kier alpha value is -2.76. The number of carbonyl (C=O) groups excluding carboxylic acids is 1. The normalized spacial score (nSPS) is 10.9. The van der Waals surface area contributed by atoms with Crippen LogP contribution >= 0.6 is 0 Å². The molecule has 3 rings (SSSR count). The maximum absolute atomic E-state index is 12.1. The molecule has 6 heteroatoms. The Kier molecular flexibility index (Phi) is 4.32. The fourth-order valence-electron chi connectivity index (χ4n) is 2.67. The molecule has 0 aliphatic heterocycles. The number of amides is 1. The van der Waals surface area contributed by atoms with Crippen molar-refractivity contribution in [3.63, 3.8) is 0 Å². The topological polar surface area (TPSA) is 72.2 Å². The first-order chi connectivity index (χ1) is 11.1. The minimum absolute atomic E-state index is 0.0361. The van der Waals surface area contributed by atoms with Crippen LogP contribution in [0.3, 0.4) is 0 Å². The average molecular weight is 309 g/mol. The van der Waals surface area contributed by atoms with E-state index in [4.69, 9.17) is 0 Å². The van der Waals surface area contributed by atoms with Crippen molar-refractivity contribution in [1.82, 2.24) is 25.1 Å². The summed E-state index contributed by atoms with van der Waals surface area (Å²) in [5.74, 6) is 0.0361. The molecule has 0 atom stereocenters. The number of hydrogen-bond donors (Lipinski definition) is 1. The molecular formula is C17H19N5O. The van der Waals surface area contributed by atoms with Crippen LogP contribution in [0, 0.1) is 13.8 Å². The zero-order chi connectivity index (χ0) is 16.2. The smallest absolute Gasteiger partial charge is 0.220 e. The molecule has 118 valence electrons. The molecule has 3 aromatic rings. The zero-order valence-corrected chi connectivity index (χ0v) is 13.3. The highest BCUT2D eigenvalue weighted by Crippen LogP contribution is 2.17. The van der Waals surface area contributed by atoms with Crippen molar-refractivity contribution in [3.8, 4) is 0 Å². The van der Waals surface area contributed by atoms with Gasteiger partial charge < -0.3 is 5.32 Å². The molecule has 0 fully saturated rings. The number of rotatable bonds is 5. The van der Waals surface area contributed by atoms with Crippen molar-refractivity contribution in [1.29, 1.82) is 0 Å². The number of benzene rings is 1. The molecule has 0 saturated carbocycles. The molecule has 1 N–H and O–H groups in total. The predicted molar refractivity (Wildman–Crippen MR) is 86.9 cm³/mol. The van der Waals surface area contributed by atoms with Gasteiger partial charge in [-0.25, -0.2) is 4.52 Å². The molecule has 2 heterocycles. The summed E-state index contributed by atoms with van der Waals surface area (Å²) < 4.78 is 1.67. The molecular weight excluding hydrogens is 290 g/mol. The van der Waals surface area contributed by atoms with Gasteiger partial charge >= 0.3 is 0 Å². The predicted octanol–water partition coefficient (Wildman–Crippen LogP) is 1.99. The Morgan fingerprint density at radius 2 is 2.00 bits per heavy atom. The van der Waals surface area contributed by atoms with Crippen LogP contribution in [0.25, 0.3) is 5.65 Å². The largest absolute Gasteiger partial charge is 0.352 e. The van der Waals surface area contributed by atoms with Crippen LogP contribution in [0.2, 0.25) is 0 Å². The minimum atomic E-state index is 0.0361. The van der Waals surface area contributed by atoms with Gasteiger partial charge in [-0.15, -0.1) is 10.2 Å². The third-order valence-electron chi connectivity index (χ3n) is 3.95. The van der Waals surface area contributed by atoms with E-state index in [0.29, 0.717) is 19.4 Å². The Bertz CT molecular complexity index is 826. The zero-order valence-electron chi connectivity index (χ0n) is 13.3.